The Labute approximate surface area is 87.4 Å². The Kier molecular flexibility index (Phi) is 2.43. The van der Waals surface area contributed by atoms with Crippen LogP contribution in [0.2, 0.25) is 0 Å². The van der Waals surface area contributed by atoms with Crippen LogP contribution in [0.25, 0.3) is 10.9 Å². The van der Waals surface area contributed by atoms with Crippen LogP contribution in [0.5, 0.6) is 0 Å². The molecule has 0 aliphatic heterocycles. The van der Waals surface area contributed by atoms with Gasteiger partial charge in [0.1, 0.15) is 0 Å². The molecular weight excluding hydrogens is 190 g/mol. The Bertz CT molecular complexity index is 502. The molecule has 1 heterocycles. The Morgan fingerprint density at radius 1 is 1.53 bits per heavy atom. The van der Waals surface area contributed by atoms with Crippen molar-refractivity contribution in [3.05, 3.63) is 35.5 Å². The van der Waals surface area contributed by atoms with Crippen LogP contribution in [0, 0.1) is 0 Å². The quantitative estimate of drug-likeness (QED) is 0.391. The number of benzene rings is 1. The van der Waals surface area contributed by atoms with Crippen molar-refractivity contribution in [2.24, 2.45) is 5.84 Å². The summed E-state index contributed by atoms with van der Waals surface area (Å²) in [6, 6.07) is 5.49. The number of rotatable bonds is 2. The molecule has 0 bridgehead atoms. The maximum Gasteiger partial charge on any atom is 0.265 e. The molecule has 1 amide bonds. The number of hydrogen-bond acceptors (Lipinski definition) is 2. The van der Waals surface area contributed by atoms with Crippen molar-refractivity contribution in [2.45, 2.75) is 13.3 Å². The van der Waals surface area contributed by atoms with Gasteiger partial charge in [0.15, 0.2) is 0 Å². The van der Waals surface area contributed by atoms with Crippen LogP contribution in [0.3, 0.4) is 0 Å². The molecule has 1 aromatic carbocycles. The Balaban J connectivity index is 2.57. The van der Waals surface area contributed by atoms with E-state index in [0.29, 0.717) is 5.56 Å². The van der Waals surface area contributed by atoms with Gasteiger partial charge in [0, 0.05) is 22.7 Å². The molecule has 0 fully saturated rings. The van der Waals surface area contributed by atoms with E-state index in [4.69, 9.17) is 5.84 Å². The highest BCUT2D eigenvalue weighted by molar-refractivity contribution is 5.98. The topological polar surface area (TPSA) is 70.9 Å². The predicted octanol–water partition coefficient (Wildman–Crippen LogP) is 1.33. The third-order valence-corrected chi connectivity index (χ3v) is 2.54. The van der Waals surface area contributed by atoms with Crippen LogP contribution >= 0.6 is 0 Å². The van der Waals surface area contributed by atoms with Gasteiger partial charge in [-0.25, -0.2) is 5.84 Å². The fraction of sp³-hybridized carbons (Fsp3) is 0.182. The Hall–Kier alpha value is -1.81. The number of aromatic amines is 1. The summed E-state index contributed by atoms with van der Waals surface area (Å²) in [4.78, 5) is 14.5. The zero-order valence-electron chi connectivity index (χ0n) is 8.50. The van der Waals surface area contributed by atoms with Gasteiger partial charge in [0.2, 0.25) is 0 Å². The molecular formula is C11H13N3O. The van der Waals surface area contributed by atoms with Crippen LogP contribution in [0.4, 0.5) is 0 Å². The predicted molar refractivity (Wildman–Crippen MR) is 59.3 cm³/mol. The standard InChI is InChI=1S/C11H13N3O/c1-2-7-6-13-10-4-3-8(5-9(7)10)11(15)14-12/h3-6,13H,2,12H2,1H3,(H,14,15). The Morgan fingerprint density at radius 2 is 2.33 bits per heavy atom. The molecule has 4 N–H and O–H groups in total. The van der Waals surface area contributed by atoms with Gasteiger partial charge in [-0.1, -0.05) is 6.92 Å². The van der Waals surface area contributed by atoms with Gasteiger partial charge in [-0.3, -0.25) is 10.2 Å². The number of carbonyl (C=O) groups excluding carboxylic acids is 1. The number of aromatic nitrogens is 1. The van der Waals surface area contributed by atoms with Crippen LogP contribution in [0.15, 0.2) is 24.4 Å². The first-order valence-corrected chi connectivity index (χ1v) is 4.87. The number of nitrogens with two attached hydrogens (primary N) is 1. The van der Waals surface area contributed by atoms with Crippen LogP contribution in [-0.2, 0) is 6.42 Å². The fourth-order valence-corrected chi connectivity index (χ4v) is 1.70. The first kappa shape index (κ1) is 9.73. The maximum absolute atomic E-state index is 11.3. The van der Waals surface area contributed by atoms with Gasteiger partial charge in [0.25, 0.3) is 5.91 Å². The second-order valence-corrected chi connectivity index (χ2v) is 3.40. The number of nitrogens with one attached hydrogen (secondary N) is 2. The molecule has 78 valence electrons. The van der Waals surface area contributed by atoms with Gasteiger partial charge < -0.3 is 4.98 Å². The number of amides is 1. The number of carbonyl (C=O) groups is 1. The third-order valence-electron chi connectivity index (χ3n) is 2.54. The summed E-state index contributed by atoms with van der Waals surface area (Å²) < 4.78 is 0. The number of hydrogen-bond donors (Lipinski definition) is 3. The zero-order chi connectivity index (χ0) is 10.8. The van der Waals surface area contributed by atoms with Gasteiger partial charge in [0.05, 0.1) is 0 Å². The van der Waals surface area contributed by atoms with Crippen LogP contribution in [0.1, 0.15) is 22.8 Å². The van der Waals surface area contributed by atoms with Crippen molar-refractivity contribution < 1.29 is 4.79 Å². The molecule has 0 unspecified atom stereocenters. The minimum atomic E-state index is -0.264. The summed E-state index contributed by atoms with van der Waals surface area (Å²) >= 11 is 0. The SMILES string of the molecule is CCc1c[nH]c2ccc(C(=O)NN)cc12. The minimum absolute atomic E-state index is 0.264. The molecule has 1 aromatic heterocycles. The highest BCUT2D eigenvalue weighted by atomic mass is 16.2. The molecule has 0 radical (unpaired) electrons. The lowest BCUT2D eigenvalue weighted by Crippen LogP contribution is -2.29. The zero-order valence-corrected chi connectivity index (χ0v) is 8.50. The third kappa shape index (κ3) is 1.59. The van der Waals surface area contributed by atoms with Crippen molar-refractivity contribution in [3.63, 3.8) is 0 Å². The van der Waals surface area contributed by atoms with E-state index in [1.165, 1.54) is 5.56 Å². The van der Waals surface area contributed by atoms with Gasteiger partial charge >= 0.3 is 0 Å². The van der Waals surface area contributed by atoms with Crippen LogP contribution < -0.4 is 11.3 Å². The van der Waals surface area contributed by atoms with Crippen molar-refractivity contribution in [3.8, 4) is 0 Å². The molecule has 0 saturated carbocycles. The molecule has 0 aliphatic rings. The number of fused-ring (bicyclic) bond motifs is 1. The van der Waals surface area contributed by atoms with Crippen molar-refractivity contribution >= 4 is 16.8 Å². The average Bonchev–Trinajstić information content (AvgIpc) is 2.69. The summed E-state index contributed by atoms with van der Waals surface area (Å²) in [7, 11) is 0. The van der Waals surface area contributed by atoms with Gasteiger partial charge in [-0.05, 0) is 30.2 Å². The molecule has 0 atom stereocenters. The lowest BCUT2D eigenvalue weighted by atomic mass is 10.1. The van der Waals surface area contributed by atoms with Gasteiger partial charge in [-0.2, -0.15) is 0 Å². The second kappa shape index (κ2) is 3.74. The van der Waals surface area contributed by atoms with Crippen molar-refractivity contribution in [1.82, 2.24) is 10.4 Å². The number of hydrazine groups is 1. The first-order chi connectivity index (χ1) is 7.26. The molecule has 4 heteroatoms. The minimum Gasteiger partial charge on any atom is -0.361 e. The Morgan fingerprint density at radius 3 is 3.00 bits per heavy atom. The molecule has 2 aromatic rings. The molecule has 2 rings (SSSR count). The highest BCUT2D eigenvalue weighted by Gasteiger charge is 2.07. The normalized spacial score (nSPS) is 10.5. The molecule has 0 saturated heterocycles. The monoisotopic (exact) mass is 203 g/mol. The van der Waals surface area contributed by atoms with E-state index in [1.807, 2.05) is 18.3 Å². The largest absolute Gasteiger partial charge is 0.361 e. The van der Waals surface area contributed by atoms with E-state index in [2.05, 4.69) is 17.3 Å². The van der Waals surface area contributed by atoms with E-state index in [-0.39, 0.29) is 5.91 Å². The van der Waals surface area contributed by atoms with E-state index in [9.17, 15) is 4.79 Å². The lowest BCUT2D eigenvalue weighted by molar-refractivity contribution is 0.0954. The molecule has 0 spiro atoms. The van der Waals surface area contributed by atoms with Crippen molar-refractivity contribution in [2.75, 3.05) is 0 Å². The second-order valence-electron chi connectivity index (χ2n) is 3.40. The molecule has 15 heavy (non-hydrogen) atoms. The van der Waals surface area contributed by atoms with Crippen molar-refractivity contribution in [1.29, 1.82) is 0 Å². The maximum atomic E-state index is 11.3. The van der Waals surface area contributed by atoms with Gasteiger partial charge in [-0.15, -0.1) is 0 Å². The average molecular weight is 203 g/mol. The summed E-state index contributed by atoms with van der Waals surface area (Å²) in [5.41, 5.74) is 4.96. The number of aryl methyl sites for hydroxylation is 1. The summed E-state index contributed by atoms with van der Waals surface area (Å²) in [6.45, 7) is 2.08. The lowest BCUT2D eigenvalue weighted by Gasteiger charge is -2.00. The molecule has 0 aliphatic carbocycles. The molecule has 4 nitrogen and oxygen atoms in total. The van der Waals surface area contributed by atoms with E-state index in [1.54, 1.807) is 6.07 Å². The van der Waals surface area contributed by atoms with E-state index < -0.39 is 0 Å². The van der Waals surface area contributed by atoms with Crippen LogP contribution in [-0.4, -0.2) is 10.9 Å². The summed E-state index contributed by atoms with van der Waals surface area (Å²) in [5.74, 6) is 4.82. The van der Waals surface area contributed by atoms with E-state index in [0.717, 1.165) is 17.3 Å². The number of nitrogen functional groups attached to an aromatic ring is 1. The van der Waals surface area contributed by atoms with E-state index >= 15 is 0 Å². The smallest absolute Gasteiger partial charge is 0.265 e. The summed E-state index contributed by atoms with van der Waals surface area (Å²) in [5, 5.41) is 1.08. The highest BCUT2D eigenvalue weighted by Crippen LogP contribution is 2.20. The number of H-pyrrole nitrogens is 1. The fourth-order valence-electron chi connectivity index (χ4n) is 1.70. The summed E-state index contributed by atoms with van der Waals surface area (Å²) in [6.07, 6.45) is 2.91. The first-order valence-electron chi connectivity index (χ1n) is 4.87.